The Bertz CT molecular complexity index is 666. The molecule has 0 aliphatic rings. The lowest BCUT2D eigenvalue weighted by Crippen LogP contribution is -2.18. The summed E-state index contributed by atoms with van der Waals surface area (Å²) in [6, 6.07) is 2.30. The molecule has 1 atom stereocenters. The normalized spacial score (nSPS) is 12.4. The van der Waals surface area contributed by atoms with Gasteiger partial charge in [0.25, 0.3) is 0 Å². The predicted molar refractivity (Wildman–Crippen MR) is 84.0 cm³/mol. The fourth-order valence-corrected chi connectivity index (χ4v) is 2.26. The molecule has 8 nitrogen and oxygen atoms in total. The van der Waals surface area contributed by atoms with Crippen LogP contribution in [0.25, 0.3) is 5.69 Å². The standard InChI is InChI=1S/C13H20BFN6O2/c1-8-6-9(15)12(7-11(8)17)21-13(18-19-20-21)10(16)4-2-3-5-14(22)23/h6-7,10,22-23H,2-5,16-17H2,1H3. The quantitative estimate of drug-likeness (QED) is 0.328. The van der Waals surface area contributed by atoms with Crippen LogP contribution in [0.2, 0.25) is 6.32 Å². The molecule has 23 heavy (non-hydrogen) atoms. The van der Waals surface area contributed by atoms with Gasteiger partial charge in [-0.15, -0.1) is 5.10 Å². The van der Waals surface area contributed by atoms with Crippen molar-refractivity contribution >= 4 is 12.8 Å². The summed E-state index contributed by atoms with van der Waals surface area (Å²) in [6.45, 7) is 1.71. The Labute approximate surface area is 133 Å². The number of anilines is 1. The maximum Gasteiger partial charge on any atom is 0.451 e. The summed E-state index contributed by atoms with van der Waals surface area (Å²) in [5.74, 6) is -0.155. The maximum absolute atomic E-state index is 14.2. The van der Waals surface area contributed by atoms with Crippen LogP contribution in [-0.2, 0) is 0 Å². The van der Waals surface area contributed by atoms with E-state index in [-0.39, 0.29) is 12.0 Å². The zero-order chi connectivity index (χ0) is 17.0. The Kier molecular flexibility index (Phi) is 5.64. The van der Waals surface area contributed by atoms with Crippen LogP contribution in [0.4, 0.5) is 10.1 Å². The SMILES string of the molecule is Cc1cc(F)c(-n2nnnc2C(N)CCCCB(O)O)cc1N. The maximum atomic E-state index is 14.2. The van der Waals surface area contributed by atoms with Crippen molar-refractivity contribution in [2.45, 2.75) is 38.5 Å². The van der Waals surface area contributed by atoms with Crippen LogP contribution in [0.1, 0.15) is 36.7 Å². The Morgan fingerprint density at radius 2 is 2.09 bits per heavy atom. The lowest BCUT2D eigenvalue weighted by atomic mass is 9.83. The van der Waals surface area contributed by atoms with Gasteiger partial charge in [-0.3, -0.25) is 0 Å². The number of nitrogen functional groups attached to an aromatic ring is 1. The van der Waals surface area contributed by atoms with Gasteiger partial charge >= 0.3 is 7.12 Å². The highest BCUT2D eigenvalue weighted by Crippen LogP contribution is 2.23. The van der Waals surface area contributed by atoms with Gasteiger partial charge in [0.2, 0.25) is 0 Å². The lowest BCUT2D eigenvalue weighted by Gasteiger charge is -2.13. The molecule has 1 aromatic carbocycles. The third-order valence-electron chi connectivity index (χ3n) is 3.62. The van der Waals surface area contributed by atoms with Crippen molar-refractivity contribution in [1.82, 2.24) is 20.2 Å². The zero-order valence-electron chi connectivity index (χ0n) is 12.9. The van der Waals surface area contributed by atoms with E-state index in [0.717, 1.165) is 0 Å². The van der Waals surface area contributed by atoms with Gasteiger partial charge in [0.1, 0.15) is 11.5 Å². The van der Waals surface area contributed by atoms with Crippen LogP contribution in [0.5, 0.6) is 0 Å². The van der Waals surface area contributed by atoms with Crippen molar-refractivity contribution in [2.24, 2.45) is 5.73 Å². The molecule has 0 aliphatic carbocycles. The summed E-state index contributed by atoms with van der Waals surface area (Å²) in [5.41, 5.74) is 13.1. The number of aromatic nitrogens is 4. The van der Waals surface area contributed by atoms with Gasteiger partial charge in [0.05, 0.1) is 6.04 Å². The van der Waals surface area contributed by atoms with Crippen LogP contribution >= 0.6 is 0 Å². The van der Waals surface area contributed by atoms with E-state index in [0.29, 0.717) is 36.3 Å². The highest BCUT2D eigenvalue weighted by Gasteiger charge is 2.19. The molecule has 0 fully saturated rings. The monoisotopic (exact) mass is 322 g/mol. The van der Waals surface area contributed by atoms with Crippen LogP contribution in [0.3, 0.4) is 0 Å². The molecule has 10 heteroatoms. The number of nitrogens with zero attached hydrogens (tertiary/aromatic N) is 4. The Hall–Kier alpha value is -2.04. The Morgan fingerprint density at radius 3 is 2.78 bits per heavy atom. The fourth-order valence-electron chi connectivity index (χ4n) is 2.26. The molecular weight excluding hydrogens is 302 g/mol. The summed E-state index contributed by atoms with van der Waals surface area (Å²) >= 11 is 0. The van der Waals surface area contributed by atoms with E-state index in [9.17, 15) is 4.39 Å². The fraction of sp³-hybridized carbons (Fsp3) is 0.462. The molecule has 0 saturated carbocycles. The van der Waals surface area contributed by atoms with E-state index in [2.05, 4.69) is 15.5 Å². The van der Waals surface area contributed by atoms with Gasteiger partial charge in [-0.05, 0) is 47.8 Å². The molecule has 1 aromatic heterocycles. The van der Waals surface area contributed by atoms with Crippen molar-refractivity contribution in [3.05, 3.63) is 29.3 Å². The minimum atomic E-state index is -1.32. The van der Waals surface area contributed by atoms with Gasteiger partial charge in [-0.25, -0.2) is 4.39 Å². The molecule has 0 aliphatic heterocycles. The molecule has 0 saturated heterocycles. The van der Waals surface area contributed by atoms with Crippen molar-refractivity contribution in [2.75, 3.05) is 5.73 Å². The number of unbranched alkanes of at least 4 members (excludes halogenated alkanes) is 1. The molecule has 0 amide bonds. The van der Waals surface area contributed by atoms with Crippen molar-refractivity contribution in [3.8, 4) is 5.69 Å². The van der Waals surface area contributed by atoms with E-state index in [1.165, 1.54) is 16.8 Å². The number of aryl methyl sites for hydroxylation is 1. The van der Waals surface area contributed by atoms with Gasteiger partial charge < -0.3 is 21.5 Å². The van der Waals surface area contributed by atoms with Crippen LogP contribution in [-0.4, -0.2) is 37.4 Å². The lowest BCUT2D eigenvalue weighted by molar-refractivity contribution is 0.400. The number of rotatable bonds is 7. The number of halogens is 1. The summed E-state index contributed by atoms with van der Waals surface area (Å²) in [7, 11) is -1.32. The zero-order valence-corrected chi connectivity index (χ0v) is 12.9. The molecule has 2 aromatic rings. The second-order valence-electron chi connectivity index (χ2n) is 5.48. The predicted octanol–water partition coefficient (Wildman–Crippen LogP) is 0.335. The summed E-state index contributed by atoms with van der Waals surface area (Å²) in [6.07, 6.45) is 2.10. The van der Waals surface area contributed by atoms with E-state index < -0.39 is 19.0 Å². The first-order chi connectivity index (χ1) is 10.9. The highest BCUT2D eigenvalue weighted by atomic mass is 19.1. The number of nitrogens with two attached hydrogens (primary N) is 2. The molecule has 0 spiro atoms. The van der Waals surface area contributed by atoms with Crippen molar-refractivity contribution in [3.63, 3.8) is 0 Å². The molecule has 1 unspecified atom stereocenters. The number of hydrogen-bond acceptors (Lipinski definition) is 7. The third kappa shape index (κ3) is 4.24. The van der Waals surface area contributed by atoms with Crippen molar-refractivity contribution < 1.29 is 14.4 Å². The van der Waals surface area contributed by atoms with E-state index in [4.69, 9.17) is 21.5 Å². The Morgan fingerprint density at radius 1 is 1.35 bits per heavy atom. The number of benzene rings is 1. The third-order valence-corrected chi connectivity index (χ3v) is 3.62. The minimum absolute atomic E-state index is 0.148. The molecule has 1 heterocycles. The number of hydrogen-bond donors (Lipinski definition) is 4. The largest absolute Gasteiger partial charge is 0.451 e. The minimum Gasteiger partial charge on any atom is -0.427 e. The average molecular weight is 322 g/mol. The average Bonchev–Trinajstić information content (AvgIpc) is 2.96. The molecule has 124 valence electrons. The van der Waals surface area contributed by atoms with Gasteiger partial charge in [-0.2, -0.15) is 4.68 Å². The smallest absolute Gasteiger partial charge is 0.427 e. The molecular formula is C13H20BFN6O2. The van der Waals surface area contributed by atoms with E-state index in [1.807, 2.05) is 0 Å². The highest BCUT2D eigenvalue weighted by molar-refractivity contribution is 6.40. The van der Waals surface area contributed by atoms with Gasteiger partial charge in [0.15, 0.2) is 5.82 Å². The first kappa shape index (κ1) is 17.3. The van der Waals surface area contributed by atoms with E-state index in [1.54, 1.807) is 6.92 Å². The van der Waals surface area contributed by atoms with Gasteiger partial charge in [-0.1, -0.05) is 12.8 Å². The topological polar surface area (TPSA) is 136 Å². The number of tetrazole rings is 1. The molecule has 0 radical (unpaired) electrons. The van der Waals surface area contributed by atoms with Crippen LogP contribution in [0, 0.1) is 12.7 Å². The van der Waals surface area contributed by atoms with Crippen molar-refractivity contribution in [1.29, 1.82) is 0 Å². The van der Waals surface area contributed by atoms with Crippen LogP contribution in [0.15, 0.2) is 12.1 Å². The van der Waals surface area contributed by atoms with Crippen LogP contribution < -0.4 is 11.5 Å². The first-order valence-electron chi connectivity index (χ1n) is 7.36. The second-order valence-corrected chi connectivity index (χ2v) is 5.48. The first-order valence-corrected chi connectivity index (χ1v) is 7.36. The van der Waals surface area contributed by atoms with Gasteiger partial charge in [0, 0.05) is 5.69 Å². The summed E-state index contributed by atoms with van der Waals surface area (Å²) in [5, 5.41) is 28.8. The molecule has 6 N–H and O–H groups in total. The Balaban J connectivity index is 2.15. The second kappa shape index (κ2) is 7.49. The summed E-state index contributed by atoms with van der Waals surface area (Å²) < 4.78 is 15.4. The summed E-state index contributed by atoms with van der Waals surface area (Å²) in [4.78, 5) is 0. The molecule has 2 rings (SSSR count). The molecule has 0 bridgehead atoms. The van der Waals surface area contributed by atoms with E-state index >= 15 is 0 Å².